The molecule has 0 radical (unpaired) electrons. The van der Waals surface area contributed by atoms with Crippen LogP contribution in [0, 0.1) is 0 Å². The molecule has 3 aromatic rings. The molecule has 4 rings (SSSR count). The Morgan fingerprint density at radius 2 is 1.68 bits per heavy atom. The zero-order valence-corrected chi connectivity index (χ0v) is 20.8. The predicted molar refractivity (Wildman–Crippen MR) is 137 cm³/mol. The molecule has 0 bridgehead atoms. The number of alkyl halides is 3. The highest BCUT2D eigenvalue weighted by molar-refractivity contribution is 5.95. The Morgan fingerprint density at radius 1 is 0.946 bits per heavy atom. The molecule has 5 nitrogen and oxygen atoms in total. The van der Waals surface area contributed by atoms with Gasteiger partial charge in [0.1, 0.15) is 35.7 Å². The van der Waals surface area contributed by atoms with Gasteiger partial charge in [-0.3, -0.25) is 4.90 Å². The molecular weight excluding hydrogens is 483 g/mol. The lowest BCUT2D eigenvalue weighted by Crippen LogP contribution is -2.31. The number of halogens is 3. The Morgan fingerprint density at radius 3 is 2.35 bits per heavy atom. The monoisotopic (exact) mass is 513 g/mol. The maximum atomic E-state index is 12.5. The van der Waals surface area contributed by atoms with Gasteiger partial charge < -0.3 is 19.7 Å². The van der Waals surface area contributed by atoms with Crippen molar-refractivity contribution in [3.63, 3.8) is 0 Å². The van der Waals surface area contributed by atoms with Crippen LogP contribution in [0.4, 0.5) is 13.2 Å². The summed E-state index contributed by atoms with van der Waals surface area (Å²) in [6.45, 7) is 4.92. The highest BCUT2D eigenvalue weighted by Crippen LogP contribution is 2.47. The summed E-state index contributed by atoms with van der Waals surface area (Å²) in [4.78, 5) is 1.71. The van der Waals surface area contributed by atoms with Gasteiger partial charge in [0, 0.05) is 24.2 Å². The van der Waals surface area contributed by atoms with Crippen molar-refractivity contribution < 1.29 is 32.9 Å². The molecule has 1 atom stereocenters. The quantitative estimate of drug-likeness (QED) is 0.329. The summed E-state index contributed by atoms with van der Waals surface area (Å²) in [6, 6.07) is 19.3. The largest absolute Gasteiger partial charge is 0.508 e. The lowest BCUT2D eigenvalue weighted by atomic mass is 9.86. The van der Waals surface area contributed by atoms with Crippen LogP contribution in [0.1, 0.15) is 43.1 Å². The minimum absolute atomic E-state index is 0.0515. The third-order valence-electron chi connectivity index (χ3n) is 6.45. The van der Waals surface area contributed by atoms with Gasteiger partial charge in [-0.25, -0.2) is 0 Å². The molecule has 196 valence electrons. The standard InChI is InChI=1S/C29H30F3NO4/c1-3-33(14-13-29(30,31)32)15-16-36-24-10-7-20(8-11-24)28-27(21-5-4-6-22(34)17-21)19(2)25-18-23(35)9-12-26(25)37-28/h4-12,17-18,28,34-35H,3,13-16H2,1-2H3. The first-order valence-electron chi connectivity index (χ1n) is 12.2. The molecule has 0 saturated heterocycles. The number of likely N-dealkylation sites (N-methyl/N-ethyl adjacent to an activating group) is 1. The van der Waals surface area contributed by atoms with Crippen LogP contribution in [0.25, 0.3) is 11.1 Å². The summed E-state index contributed by atoms with van der Waals surface area (Å²) in [5, 5.41) is 20.1. The summed E-state index contributed by atoms with van der Waals surface area (Å²) in [7, 11) is 0. The van der Waals surface area contributed by atoms with Crippen LogP contribution in [-0.2, 0) is 0 Å². The number of phenols is 2. The fourth-order valence-corrected chi connectivity index (χ4v) is 4.46. The first-order chi connectivity index (χ1) is 17.6. The number of hydrogen-bond donors (Lipinski definition) is 2. The molecule has 0 fully saturated rings. The summed E-state index contributed by atoms with van der Waals surface area (Å²) in [5.74, 6) is 1.52. The van der Waals surface area contributed by atoms with Crippen LogP contribution < -0.4 is 9.47 Å². The normalized spacial score (nSPS) is 15.5. The number of nitrogens with zero attached hydrogens (tertiary/aromatic N) is 1. The Bertz CT molecular complexity index is 1250. The van der Waals surface area contributed by atoms with E-state index in [0.717, 1.165) is 27.8 Å². The van der Waals surface area contributed by atoms with Gasteiger partial charge in [-0.1, -0.05) is 31.2 Å². The van der Waals surface area contributed by atoms with E-state index in [-0.39, 0.29) is 24.7 Å². The molecule has 2 N–H and O–H groups in total. The van der Waals surface area contributed by atoms with Crippen LogP contribution in [0.15, 0.2) is 66.7 Å². The third-order valence-corrected chi connectivity index (χ3v) is 6.45. The van der Waals surface area contributed by atoms with E-state index >= 15 is 0 Å². The number of aromatic hydroxyl groups is 2. The van der Waals surface area contributed by atoms with Crippen molar-refractivity contribution >= 4 is 11.1 Å². The highest BCUT2D eigenvalue weighted by Gasteiger charge is 2.30. The Hall–Kier alpha value is -3.65. The van der Waals surface area contributed by atoms with Crippen molar-refractivity contribution in [3.8, 4) is 23.0 Å². The fraction of sp³-hybridized carbons (Fsp3) is 0.310. The molecule has 1 heterocycles. The number of ether oxygens (including phenoxy) is 2. The number of phenolic OH excluding ortho intramolecular Hbond substituents is 2. The summed E-state index contributed by atoms with van der Waals surface area (Å²) in [6.07, 6.45) is -5.48. The van der Waals surface area contributed by atoms with Gasteiger partial charge in [-0.15, -0.1) is 0 Å². The van der Waals surface area contributed by atoms with Gasteiger partial charge in [-0.05, 0) is 72.6 Å². The zero-order chi connectivity index (χ0) is 26.6. The predicted octanol–water partition coefficient (Wildman–Crippen LogP) is 6.82. The van der Waals surface area contributed by atoms with Gasteiger partial charge in [0.2, 0.25) is 0 Å². The molecule has 1 aliphatic rings. The minimum atomic E-state index is -4.17. The second-order valence-electron chi connectivity index (χ2n) is 8.98. The highest BCUT2D eigenvalue weighted by atomic mass is 19.4. The van der Waals surface area contributed by atoms with Gasteiger partial charge in [-0.2, -0.15) is 13.2 Å². The maximum Gasteiger partial charge on any atom is 0.390 e. The lowest BCUT2D eigenvalue weighted by Gasteiger charge is -2.31. The van der Waals surface area contributed by atoms with E-state index in [0.29, 0.717) is 24.6 Å². The van der Waals surface area contributed by atoms with Gasteiger partial charge >= 0.3 is 6.18 Å². The molecule has 0 aliphatic carbocycles. The van der Waals surface area contributed by atoms with Crippen LogP contribution in [0.3, 0.4) is 0 Å². The van der Waals surface area contributed by atoms with Crippen molar-refractivity contribution in [1.29, 1.82) is 0 Å². The van der Waals surface area contributed by atoms with Gasteiger partial charge in [0.05, 0.1) is 6.42 Å². The number of hydrogen-bond acceptors (Lipinski definition) is 5. The SMILES string of the molecule is CCN(CCOc1ccc(C2Oc3ccc(O)cc3C(C)=C2c2cccc(O)c2)cc1)CCC(F)(F)F. The molecule has 1 aliphatic heterocycles. The molecular formula is C29H30F3NO4. The van der Waals surface area contributed by atoms with E-state index in [1.165, 1.54) is 0 Å². The van der Waals surface area contributed by atoms with Gasteiger partial charge in [0.25, 0.3) is 0 Å². The first-order valence-corrected chi connectivity index (χ1v) is 12.2. The van der Waals surface area contributed by atoms with Crippen LogP contribution in [0.5, 0.6) is 23.0 Å². The van der Waals surface area contributed by atoms with Crippen LogP contribution in [-0.4, -0.2) is 47.5 Å². The summed E-state index contributed by atoms with van der Waals surface area (Å²) >= 11 is 0. The smallest absolute Gasteiger partial charge is 0.390 e. The molecule has 1 unspecified atom stereocenters. The molecule has 37 heavy (non-hydrogen) atoms. The third kappa shape index (κ3) is 6.57. The Balaban J connectivity index is 1.52. The number of rotatable bonds is 9. The van der Waals surface area contributed by atoms with Crippen molar-refractivity contribution in [2.75, 3.05) is 26.2 Å². The Kier molecular flexibility index (Phi) is 7.97. The van der Waals surface area contributed by atoms with Crippen molar-refractivity contribution in [1.82, 2.24) is 4.90 Å². The van der Waals surface area contributed by atoms with Crippen molar-refractivity contribution in [2.24, 2.45) is 0 Å². The van der Waals surface area contributed by atoms with E-state index in [4.69, 9.17) is 9.47 Å². The molecule has 0 spiro atoms. The molecule has 8 heteroatoms. The molecule has 3 aromatic carbocycles. The van der Waals surface area contributed by atoms with Gasteiger partial charge in [0.15, 0.2) is 0 Å². The maximum absolute atomic E-state index is 12.5. The number of benzene rings is 3. The molecule has 0 amide bonds. The molecule has 0 aromatic heterocycles. The Labute approximate surface area is 214 Å². The van der Waals surface area contributed by atoms with Crippen molar-refractivity contribution in [2.45, 2.75) is 32.5 Å². The second-order valence-corrected chi connectivity index (χ2v) is 8.98. The number of fused-ring (bicyclic) bond motifs is 1. The number of allylic oxidation sites excluding steroid dienone is 1. The van der Waals surface area contributed by atoms with Crippen molar-refractivity contribution in [3.05, 3.63) is 83.4 Å². The average Bonchev–Trinajstić information content (AvgIpc) is 2.86. The van der Waals surface area contributed by atoms with E-state index in [1.807, 2.05) is 44.2 Å². The van der Waals surface area contributed by atoms with E-state index in [1.54, 1.807) is 41.3 Å². The summed E-state index contributed by atoms with van der Waals surface area (Å²) < 4.78 is 49.7. The average molecular weight is 514 g/mol. The summed E-state index contributed by atoms with van der Waals surface area (Å²) in [5.41, 5.74) is 4.23. The second kappa shape index (κ2) is 11.2. The first kappa shape index (κ1) is 26.4. The van der Waals surface area contributed by atoms with E-state index < -0.39 is 18.7 Å². The zero-order valence-electron chi connectivity index (χ0n) is 20.8. The topological polar surface area (TPSA) is 62.2 Å². The van der Waals surface area contributed by atoms with Crippen LogP contribution in [0.2, 0.25) is 0 Å². The van der Waals surface area contributed by atoms with E-state index in [2.05, 4.69) is 0 Å². The van der Waals surface area contributed by atoms with E-state index in [9.17, 15) is 23.4 Å². The fourth-order valence-electron chi connectivity index (χ4n) is 4.46. The lowest BCUT2D eigenvalue weighted by molar-refractivity contribution is -0.138. The molecule has 0 saturated carbocycles. The minimum Gasteiger partial charge on any atom is -0.508 e. The van der Waals surface area contributed by atoms with Crippen LogP contribution >= 0.6 is 0 Å².